The molecule has 1 aromatic rings. The summed E-state index contributed by atoms with van der Waals surface area (Å²) in [6.07, 6.45) is 2.10. The third kappa shape index (κ3) is 3.01. The molecule has 0 fully saturated rings. The lowest BCUT2D eigenvalue weighted by Crippen LogP contribution is -2.28. The molecular weight excluding hydrogens is 256 g/mol. The van der Waals surface area contributed by atoms with E-state index in [2.05, 4.69) is 34.6 Å². The monoisotopic (exact) mass is 282 g/mol. The lowest BCUT2D eigenvalue weighted by molar-refractivity contribution is 0.0149. The fourth-order valence-electron chi connectivity index (χ4n) is 2.95. The van der Waals surface area contributed by atoms with Gasteiger partial charge in [-0.25, -0.2) is 4.98 Å². The summed E-state index contributed by atoms with van der Waals surface area (Å²) in [5.74, 6) is 0. The summed E-state index contributed by atoms with van der Waals surface area (Å²) in [5.41, 5.74) is 7.81. The lowest BCUT2D eigenvalue weighted by atomic mass is 9.77. The Kier molecular flexibility index (Phi) is 3.80. The molecule has 2 unspecified atom stereocenters. The van der Waals surface area contributed by atoms with Crippen molar-refractivity contribution in [2.24, 2.45) is 16.6 Å². The summed E-state index contributed by atoms with van der Waals surface area (Å²) in [4.78, 5) is 6.11. The molecule has 0 bridgehead atoms. The van der Waals surface area contributed by atoms with Gasteiger partial charge in [0.2, 0.25) is 0 Å². The summed E-state index contributed by atoms with van der Waals surface area (Å²) in [5, 5.41) is 1.08. The minimum atomic E-state index is 0.0402. The van der Waals surface area contributed by atoms with Crippen molar-refractivity contribution in [3.05, 3.63) is 15.6 Å². The minimum absolute atomic E-state index is 0.0402. The first-order valence-electron chi connectivity index (χ1n) is 6.92. The first kappa shape index (κ1) is 14.9. The Morgan fingerprint density at radius 1 is 1.42 bits per heavy atom. The summed E-state index contributed by atoms with van der Waals surface area (Å²) >= 11 is 1.74. The predicted octanol–water partition coefficient (Wildman–Crippen LogP) is 3.85. The topological polar surface area (TPSA) is 48.1 Å². The Morgan fingerprint density at radius 3 is 2.58 bits per heavy atom. The van der Waals surface area contributed by atoms with E-state index in [1.54, 1.807) is 18.4 Å². The molecule has 4 heteroatoms. The van der Waals surface area contributed by atoms with Gasteiger partial charge in [-0.2, -0.15) is 0 Å². The highest BCUT2D eigenvalue weighted by atomic mass is 32.1. The highest BCUT2D eigenvalue weighted by Crippen LogP contribution is 2.45. The average molecular weight is 282 g/mol. The van der Waals surface area contributed by atoms with Crippen molar-refractivity contribution in [1.82, 2.24) is 4.98 Å². The maximum Gasteiger partial charge on any atom is 0.123 e. The van der Waals surface area contributed by atoms with Gasteiger partial charge in [0.05, 0.1) is 5.69 Å². The second-order valence-corrected chi connectivity index (χ2v) is 8.56. The summed E-state index contributed by atoms with van der Waals surface area (Å²) in [7, 11) is 1.76. The Morgan fingerprint density at radius 2 is 2.05 bits per heavy atom. The number of rotatable bonds is 2. The summed E-state index contributed by atoms with van der Waals surface area (Å²) in [6.45, 7) is 11.1. The fourth-order valence-corrected chi connectivity index (χ4v) is 4.36. The van der Waals surface area contributed by atoms with Crippen LogP contribution in [0, 0.1) is 10.8 Å². The van der Waals surface area contributed by atoms with Crippen LogP contribution in [0.15, 0.2) is 0 Å². The molecule has 1 heterocycles. The number of ether oxygens (including phenoxy) is 1. The normalized spacial score (nSPS) is 24.1. The van der Waals surface area contributed by atoms with E-state index in [0.717, 1.165) is 17.8 Å². The van der Waals surface area contributed by atoms with Crippen LogP contribution in [-0.4, -0.2) is 12.1 Å². The molecule has 19 heavy (non-hydrogen) atoms. The van der Waals surface area contributed by atoms with Gasteiger partial charge in [0.1, 0.15) is 11.1 Å². The van der Waals surface area contributed by atoms with E-state index in [1.807, 2.05) is 0 Å². The van der Waals surface area contributed by atoms with Crippen LogP contribution in [0.2, 0.25) is 0 Å². The van der Waals surface area contributed by atoms with Gasteiger partial charge in [-0.05, 0) is 23.7 Å². The lowest BCUT2D eigenvalue weighted by Gasteiger charge is -2.32. The molecule has 0 saturated heterocycles. The first-order chi connectivity index (χ1) is 8.64. The van der Waals surface area contributed by atoms with Crippen molar-refractivity contribution in [3.8, 4) is 0 Å². The number of nitrogens with two attached hydrogens (primary N) is 1. The van der Waals surface area contributed by atoms with Crippen molar-refractivity contribution < 1.29 is 4.74 Å². The number of hydrogen-bond acceptors (Lipinski definition) is 4. The Bertz CT molecular complexity index is 459. The Hall–Kier alpha value is -0.450. The molecular formula is C15H26N2OS. The fraction of sp³-hybridized carbons (Fsp3) is 0.800. The van der Waals surface area contributed by atoms with Gasteiger partial charge < -0.3 is 10.5 Å². The van der Waals surface area contributed by atoms with Gasteiger partial charge in [0, 0.05) is 18.0 Å². The van der Waals surface area contributed by atoms with Crippen molar-refractivity contribution in [1.29, 1.82) is 0 Å². The van der Waals surface area contributed by atoms with Crippen LogP contribution in [0.1, 0.15) is 68.8 Å². The second kappa shape index (κ2) is 4.83. The zero-order valence-corrected chi connectivity index (χ0v) is 13.7. The number of methoxy groups -OCH3 is 1. The van der Waals surface area contributed by atoms with Gasteiger partial charge >= 0.3 is 0 Å². The molecule has 2 rings (SSSR count). The molecule has 1 aliphatic rings. The molecule has 1 aromatic heterocycles. The summed E-state index contributed by atoms with van der Waals surface area (Å²) in [6, 6.07) is 0.127. The van der Waals surface area contributed by atoms with Crippen molar-refractivity contribution in [2.75, 3.05) is 7.11 Å². The van der Waals surface area contributed by atoms with Crippen molar-refractivity contribution in [2.45, 2.75) is 59.6 Å². The van der Waals surface area contributed by atoms with E-state index in [4.69, 9.17) is 15.5 Å². The first-order valence-corrected chi connectivity index (χ1v) is 7.73. The second-order valence-electron chi connectivity index (χ2n) is 7.50. The number of aromatic nitrogens is 1. The quantitative estimate of drug-likeness (QED) is 0.896. The number of nitrogens with zero attached hydrogens (tertiary/aromatic N) is 1. The van der Waals surface area contributed by atoms with Crippen molar-refractivity contribution >= 4 is 11.3 Å². The van der Waals surface area contributed by atoms with E-state index in [0.29, 0.717) is 0 Å². The Balaban J connectivity index is 2.37. The zero-order valence-electron chi connectivity index (χ0n) is 12.9. The van der Waals surface area contributed by atoms with Gasteiger partial charge in [0.15, 0.2) is 0 Å². The molecule has 0 amide bonds. The molecule has 0 aromatic carbocycles. The SMILES string of the molecule is COC(c1nc2c(s1)C(N)CC(C)(C)C2)C(C)(C)C. The smallest absolute Gasteiger partial charge is 0.123 e. The molecule has 3 nitrogen and oxygen atoms in total. The molecule has 0 radical (unpaired) electrons. The predicted molar refractivity (Wildman–Crippen MR) is 80.3 cm³/mol. The van der Waals surface area contributed by atoms with E-state index < -0.39 is 0 Å². The molecule has 0 spiro atoms. The maximum absolute atomic E-state index is 6.32. The highest BCUT2D eigenvalue weighted by molar-refractivity contribution is 7.12. The number of hydrogen-bond donors (Lipinski definition) is 1. The third-order valence-electron chi connectivity index (χ3n) is 3.75. The van der Waals surface area contributed by atoms with Crippen LogP contribution in [0.25, 0.3) is 0 Å². The number of fused-ring (bicyclic) bond motifs is 1. The molecule has 2 atom stereocenters. The van der Waals surface area contributed by atoms with E-state index in [1.165, 1.54) is 10.6 Å². The largest absolute Gasteiger partial charge is 0.374 e. The maximum atomic E-state index is 6.32. The van der Waals surface area contributed by atoms with E-state index >= 15 is 0 Å². The van der Waals surface area contributed by atoms with Gasteiger partial charge in [-0.3, -0.25) is 0 Å². The van der Waals surface area contributed by atoms with Crippen LogP contribution in [0.5, 0.6) is 0 Å². The van der Waals surface area contributed by atoms with Crippen LogP contribution >= 0.6 is 11.3 Å². The van der Waals surface area contributed by atoms with E-state index in [9.17, 15) is 0 Å². The zero-order chi connectivity index (χ0) is 14.4. The molecule has 108 valence electrons. The van der Waals surface area contributed by atoms with Crippen LogP contribution in [0.4, 0.5) is 0 Å². The third-order valence-corrected chi connectivity index (χ3v) is 5.02. The standard InChI is InChI=1S/C15H26N2OS/c1-14(2,3)12(18-6)13-17-10-8-15(4,5)7-9(16)11(10)19-13/h9,12H,7-8,16H2,1-6H3. The molecule has 1 aliphatic carbocycles. The summed E-state index contributed by atoms with van der Waals surface area (Å²) < 4.78 is 5.67. The number of thiazole rings is 1. The molecule has 2 N–H and O–H groups in total. The Labute approximate surface area is 120 Å². The van der Waals surface area contributed by atoms with Crippen LogP contribution in [-0.2, 0) is 11.2 Å². The molecule has 0 aliphatic heterocycles. The molecule has 0 saturated carbocycles. The van der Waals surface area contributed by atoms with Gasteiger partial charge in [-0.15, -0.1) is 11.3 Å². The highest BCUT2D eigenvalue weighted by Gasteiger charge is 2.36. The van der Waals surface area contributed by atoms with Crippen LogP contribution < -0.4 is 5.73 Å². The van der Waals surface area contributed by atoms with E-state index in [-0.39, 0.29) is 23.0 Å². The van der Waals surface area contributed by atoms with Crippen molar-refractivity contribution in [3.63, 3.8) is 0 Å². The van der Waals surface area contributed by atoms with Crippen LogP contribution in [0.3, 0.4) is 0 Å². The average Bonchev–Trinajstić information content (AvgIpc) is 2.58. The van der Waals surface area contributed by atoms with Gasteiger partial charge in [-0.1, -0.05) is 34.6 Å². The van der Waals surface area contributed by atoms with Gasteiger partial charge in [0.25, 0.3) is 0 Å². The minimum Gasteiger partial charge on any atom is -0.374 e.